The van der Waals surface area contributed by atoms with E-state index in [-0.39, 0.29) is 12.0 Å². The highest BCUT2D eigenvalue weighted by Crippen LogP contribution is 2.28. The Morgan fingerprint density at radius 1 is 1.09 bits per heavy atom. The van der Waals surface area contributed by atoms with Gasteiger partial charge in [0.25, 0.3) is 0 Å². The second-order valence-electron chi connectivity index (χ2n) is 7.95. The molecule has 0 bridgehead atoms. The number of amides is 1. The number of rotatable bonds is 3. The highest BCUT2D eigenvalue weighted by atomic mass is 16.5. The Hall–Kier alpha value is -0.650. The van der Waals surface area contributed by atoms with Crippen molar-refractivity contribution < 1.29 is 9.53 Å². The first-order valence-electron chi connectivity index (χ1n) is 9.45. The fraction of sp³-hybridized carbons (Fsp3) is 0.944. The molecular formula is C18H33N3O2. The van der Waals surface area contributed by atoms with E-state index in [0.29, 0.717) is 24.0 Å². The van der Waals surface area contributed by atoms with Crippen molar-refractivity contribution in [1.82, 2.24) is 9.80 Å². The largest absolute Gasteiger partial charge is 0.373 e. The Morgan fingerprint density at radius 3 is 2.30 bits per heavy atom. The van der Waals surface area contributed by atoms with E-state index < -0.39 is 0 Å². The van der Waals surface area contributed by atoms with Crippen LogP contribution in [-0.2, 0) is 9.53 Å². The van der Waals surface area contributed by atoms with Crippen LogP contribution in [0.2, 0.25) is 0 Å². The lowest BCUT2D eigenvalue weighted by Crippen LogP contribution is -2.49. The molecule has 132 valence electrons. The van der Waals surface area contributed by atoms with Crippen LogP contribution < -0.4 is 5.73 Å². The third-order valence-corrected chi connectivity index (χ3v) is 5.82. The molecule has 5 nitrogen and oxygen atoms in total. The van der Waals surface area contributed by atoms with Crippen LogP contribution in [0.5, 0.6) is 0 Å². The molecule has 0 unspecified atom stereocenters. The zero-order chi connectivity index (χ0) is 16.4. The van der Waals surface area contributed by atoms with Crippen molar-refractivity contribution in [3.05, 3.63) is 0 Å². The molecule has 2 saturated heterocycles. The Kier molecular flexibility index (Phi) is 5.60. The summed E-state index contributed by atoms with van der Waals surface area (Å²) in [5, 5.41) is 0. The number of likely N-dealkylation sites (tertiary alicyclic amines) is 1. The predicted molar refractivity (Wildman–Crippen MR) is 91.1 cm³/mol. The molecule has 3 fully saturated rings. The molecule has 0 spiro atoms. The standard InChI is InChI=1S/C18H33N3O2/c1-13-10-20(11-14(2)23-13)12-15-6-8-21(9-7-15)18(22)16-4-3-5-17(16)19/h13-17H,3-12,19H2,1-2H3/t13-,14+,16-,17+/m1/s1. The van der Waals surface area contributed by atoms with Gasteiger partial charge in [-0.2, -0.15) is 0 Å². The highest BCUT2D eigenvalue weighted by Gasteiger charge is 2.35. The molecule has 2 heterocycles. The summed E-state index contributed by atoms with van der Waals surface area (Å²) < 4.78 is 5.81. The lowest BCUT2D eigenvalue weighted by atomic mass is 9.93. The minimum atomic E-state index is 0.0903. The highest BCUT2D eigenvalue weighted by molar-refractivity contribution is 5.80. The van der Waals surface area contributed by atoms with Crippen molar-refractivity contribution in [3.63, 3.8) is 0 Å². The second-order valence-corrected chi connectivity index (χ2v) is 7.95. The molecule has 0 aromatic rings. The van der Waals surface area contributed by atoms with E-state index in [1.807, 2.05) is 0 Å². The van der Waals surface area contributed by atoms with Crippen molar-refractivity contribution in [3.8, 4) is 0 Å². The van der Waals surface area contributed by atoms with Crippen LogP contribution in [-0.4, -0.2) is 66.7 Å². The molecule has 2 aliphatic heterocycles. The smallest absolute Gasteiger partial charge is 0.227 e. The van der Waals surface area contributed by atoms with Gasteiger partial charge < -0.3 is 15.4 Å². The van der Waals surface area contributed by atoms with E-state index in [9.17, 15) is 4.79 Å². The zero-order valence-corrected chi connectivity index (χ0v) is 14.7. The summed E-state index contributed by atoms with van der Waals surface area (Å²) in [4.78, 5) is 17.2. The fourth-order valence-corrected chi connectivity index (χ4v) is 4.66. The minimum Gasteiger partial charge on any atom is -0.373 e. The van der Waals surface area contributed by atoms with Gasteiger partial charge in [0.05, 0.1) is 18.1 Å². The third kappa shape index (κ3) is 4.25. The number of ether oxygens (including phenoxy) is 1. The van der Waals surface area contributed by atoms with Gasteiger partial charge in [-0.05, 0) is 45.4 Å². The number of nitrogens with two attached hydrogens (primary N) is 1. The van der Waals surface area contributed by atoms with E-state index in [4.69, 9.17) is 10.5 Å². The van der Waals surface area contributed by atoms with Crippen molar-refractivity contribution in [1.29, 1.82) is 0 Å². The first-order chi connectivity index (χ1) is 11.0. The van der Waals surface area contributed by atoms with Gasteiger partial charge in [0.15, 0.2) is 0 Å². The summed E-state index contributed by atoms with van der Waals surface area (Å²) in [5.41, 5.74) is 6.10. The third-order valence-electron chi connectivity index (χ3n) is 5.82. The summed E-state index contributed by atoms with van der Waals surface area (Å²) in [7, 11) is 0. The van der Waals surface area contributed by atoms with Gasteiger partial charge in [-0.15, -0.1) is 0 Å². The van der Waals surface area contributed by atoms with Crippen LogP contribution in [0.3, 0.4) is 0 Å². The van der Waals surface area contributed by atoms with Crippen molar-refractivity contribution in [2.75, 3.05) is 32.7 Å². The number of carbonyl (C=O) groups excluding carboxylic acids is 1. The van der Waals surface area contributed by atoms with Crippen molar-refractivity contribution in [2.45, 2.75) is 64.2 Å². The predicted octanol–water partition coefficient (Wildman–Crippen LogP) is 1.46. The van der Waals surface area contributed by atoms with Crippen LogP contribution in [0.1, 0.15) is 46.0 Å². The second kappa shape index (κ2) is 7.49. The van der Waals surface area contributed by atoms with E-state index >= 15 is 0 Å². The quantitative estimate of drug-likeness (QED) is 0.854. The number of hydrogen-bond acceptors (Lipinski definition) is 4. The van der Waals surface area contributed by atoms with Crippen LogP contribution in [0, 0.1) is 11.8 Å². The molecule has 0 aromatic carbocycles. The molecule has 1 saturated carbocycles. The molecule has 23 heavy (non-hydrogen) atoms. The molecule has 0 aromatic heterocycles. The monoisotopic (exact) mass is 323 g/mol. The maximum absolute atomic E-state index is 12.6. The summed E-state index contributed by atoms with van der Waals surface area (Å²) >= 11 is 0. The molecule has 1 aliphatic carbocycles. The van der Waals surface area contributed by atoms with Crippen LogP contribution in [0.25, 0.3) is 0 Å². The van der Waals surface area contributed by atoms with E-state index in [0.717, 1.165) is 64.8 Å². The summed E-state index contributed by atoms with van der Waals surface area (Å²) in [6, 6.07) is 0.0940. The molecule has 0 radical (unpaired) electrons. The van der Waals surface area contributed by atoms with Gasteiger partial charge in [-0.25, -0.2) is 0 Å². The molecule has 1 amide bonds. The van der Waals surface area contributed by atoms with Crippen molar-refractivity contribution >= 4 is 5.91 Å². The molecule has 3 aliphatic rings. The minimum absolute atomic E-state index is 0.0903. The molecule has 4 atom stereocenters. The van der Waals surface area contributed by atoms with Crippen molar-refractivity contribution in [2.24, 2.45) is 17.6 Å². The topological polar surface area (TPSA) is 58.8 Å². The number of nitrogens with zero attached hydrogens (tertiary/aromatic N) is 2. The van der Waals surface area contributed by atoms with Gasteiger partial charge in [0.2, 0.25) is 5.91 Å². The number of morpholine rings is 1. The lowest BCUT2D eigenvalue weighted by Gasteiger charge is -2.40. The van der Waals surface area contributed by atoms with E-state index in [1.54, 1.807) is 0 Å². The fourth-order valence-electron chi connectivity index (χ4n) is 4.66. The normalized spacial score (nSPS) is 37.3. The Bertz CT molecular complexity index is 399. The zero-order valence-electron chi connectivity index (χ0n) is 14.7. The number of carbonyl (C=O) groups is 1. The number of piperidine rings is 1. The Morgan fingerprint density at radius 2 is 1.74 bits per heavy atom. The SMILES string of the molecule is C[C@@H]1CN(CC2CCN(C(=O)[C@@H]3CCC[C@@H]3N)CC2)C[C@H](C)O1. The first kappa shape index (κ1) is 17.2. The summed E-state index contributed by atoms with van der Waals surface area (Å²) in [5.74, 6) is 1.13. The van der Waals surface area contributed by atoms with E-state index in [2.05, 4.69) is 23.6 Å². The van der Waals surface area contributed by atoms with E-state index in [1.165, 1.54) is 0 Å². The van der Waals surface area contributed by atoms with Crippen LogP contribution in [0.15, 0.2) is 0 Å². The average molecular weight is 323 g/mol. The van der Waals surface area contributed by atoms with Crippen LogP contribution >= 0.6 is 0 Å². The lowest BCUT2D eigenvalue weighted by molar-refractivity contribution is -0.137. The van der Waals surface area contributed by atoms with Gasteiger partial charge in [-0.3, -0.25) is 9.69 Å². The molecule has 5 heteroatoms. The van der Waals surface area contributed by atoms with Crippen LogP contribution in [0.4, 0.5) is 0 Å². The van der Waals surface area contributed by atoms with Gasteiger partial charge in [0, 0.05) is 38.8 Å². The number of hydrogen-bond donors (Lipinski definition) is 1. The van der Waals surface area contributed by atoms with Gasteiger partial charge in [-0.1, -0.05) is 6.42 Å². The Labute approximate surface area is 140 Å². The maximum atomic E-state index is 12.6. The molecular weight excluding hydrogens is 290 g/mol. The summed E-state index contributed by atoms with van der Waals surface area (Å²) in [6.07, 6.45) is 6.06. The first-order valence-corrected chi connectivity index (χ1v) is 9.45. The molecule has 3 rings (SSSR count). The summed E-state index contributed by atoms with van der Waals surface area (Å²) in [6.45, 7) is 9.40. The van der Waals surface area contributed by atoms with Gasteiger partial charge in [0.1, 0.15) is 0 Å². The van der Waals surface area contributed by atoms with Gasteiger partial charge >= 0.3 is 0 Å². The average Bonchev–Trinajstić information content (AvgIpc) is 2.92. The maximum Gasteiger partial charge on any atom is 0.227 e. The Balaban J connectivity index is 1.44. The molecule has 2 N–H and O–H groups in total.